The topological polar surface area (TPSA) is 34.4 Å². The van der Waals surface area contributed by atoms with Gasteiger partial charge in [-0.25, -0.2) is 0 Å². The zero-order valence-electron chi connectivity index (χ0n) is 13.1. The summed E-state index contributed by atoms with van der Waals surface area (Å²) in [5.41, 5.74) is 2.18. The number of likely N-dealkylation sites (N-methyl/N-ethyl adjacent to an activating group) is 1. The number of aryl methyl sites for hydroxylation is 1. The molecule has 1 aromatic carbocycles. The Kier molecular flexibility index (Phi) is 4.84. The highest BCUT2D eigenvalue weighted by atomic mass is 16.5. The van der Waals surface area contributed by atoms with E-state index in [0.717, 1.165) is 23.3 Å². The largest absolute Gasteiger partial charge is 0.459 e. The van der Waals surface area contributed by atoms with Gasteiger partial charge in [-0.2, -0.15) is 0 Å². The second kappa shape index (κ2) is 6.42. The van der Waals surface area contributed by atoms with Crippen LogP contribution in [-0.2, 0) is 4.74 Å². The quantitative estimate of drug-likeness (QED) is 0.863. The van der Waals surface area contributed by atoms with Crippen LogP contribution in [0.5, 0.6) is 0 Å². The molecule has 0 saturated carbocycles. The van der Waals surface area contributed by atoms with E-state index in [4.69, 9.17) is 9.15 Å². The lowest BCUT2D eigenvalue weighted by Crippen LogP contribution is -2.36. The summed E-state index contributed by atoms with van der Waals surface area (Å²) >= 11 is 0. The Bertz CT molecular complexity index is 559. The van der Waals surface area contributed by atoms with Crippen LogP contribution in [0.15, 0.2) is 28.7 Å². The van der Waals surface area contributed by atoms with Crippen molar-refractivity contribution < 1.29 is 9.15 Å². The van der Waals surface area contributed by atoms with Crippen molar-refractivity contribution in [2.45, 2.75) is 39.8 Å². The standard InChI is InChI=1S/C17H25NO2/c1-6-18-16(17(19-5)11(2)3)15-10-13-9-12(4)7-8-14(13)20-15/h7-11,16-18H,6H2,1-5H3. The molecule has 3 heteroatoms. The van der Waals surface area contributed by atoms with Crippen LogP contribution < -0.4 is 5.32 Å². The fraction of sp³-hybridized carbons (Fsp3) is 0.529. The number of methoxy groups -OCH3 is 1. The third-order valence-corrected chi connectivity index (χ3v) is 3.68. The van der Waals surface area contributed by atoms with E-state index in [-0.39, 0.29) is 12.1 Å². The lowest BCUT2D eigenvalue weighted by molar-refractivity contribution is 0.0274. The smallest absolute Gasteiger partial charge is 0.134 e. The number of nitrogens with one attached hydrogen (secondary N) is 1. The highest BCUT2D eigenvalue weighted by Crippen LogP contribution is 2.30. The second-order valence-electron chi connectivity index (χ2n) is 5.67. The van der Waals surface area contributed by atoms with E-state index < -0.39 is 0 Å². The number of ether oxygens (including phenoxy) is 1. The van der Waals surface area contributed by atoms with Crippen molar-refractivity contribution in [2.24, 2.45) is 5.92 Å². The lowest BCUT2D eigenvalue weighted by Gasteiger charge is -2.28. The summed E-state index contributed by atoms with van der Waals surface area (Å²) in [4.78, 5) is 0. The van der Waals surface area contributed by atoms with Crippen molar-refractivity contribution in [3.05, 3.63) is 35.6 Å². The van der Waals surface area contributed by atoms with Gasteiger partial charge in [-0.15, -0.1) is 0 Å². The molecular formula is C17H25NO2. The van der Waals surface area contributed by atoms with Crippen LogP contribution in [-0.4, -0.2) is 19.8 Å². The monoisotopic (exact) mass is 275 g/mol. The molecule has 2 rings (SSSR count). The van der Waals surface area contributed by atoms with Crippen LogP contribution in [0.2, 0.25) is 0 Å². The minimum absolute atomic E-state index is 0.0812. The molecule has 0 aliphatic heterocycles. The highest BCUT2D eigenvalue weighted by molar-refractivity contribution is 5.78. The molecule has 1 heterocycles. The molecule has 1 aromatic heterocycles. The molecule has 3 nitrogen and oxygen atoms in total. The average Bonchev–Trinajstić information content (AvgIpc) is 2.80. The predicted molar refractivity (Wildman–Crippen MR) is 83.0 cm³/mol. The SMILES string of the molecule is CCNC(c1cc2cc(C)ccc2o1)C(OC)C(C)C. The van der Waals surface area contributed by atoms with Crippen molar-refractivity contribution in [3.63, 3.8) is 0 Å². The lowest BCUT2D eigenvalue weighted by atomic mass is 9.97. The number of hydrogen-bond acceptors (Lipinski definition) is 3. The maximum atomic E-state index is 6.03. The Morgan fingerprint density at radius 1 is 1.25 bits per heavy atom. The molecule has 2 aromatic rings. The molecule has 0 fully saturated rings. The Balaban J connectivity index is 2.40. The van der Waals surface area contributed by atoms with Gasteiger partial charge in [-0.05, 0) is 37.6 Å². The number of furan rings is 1. The van der Waals surface area contributed by atoms with Gasteiger partial charge in [0, 0.05) is 12.5 Å². The Morgan fingerprint density at radius 3 is 2.60 bits per heavy atom. The van der Waals surface area contributed by atoms with Gasteiger partial charge in [0.25, 0.3) is 0 Å². The average molecular weight is 275 g/mol. The minimum Gasteiger partial charge on any atom is -0.459 e. The first kappa shape index (κ1) is 15.1. The fourth-order valence-electron chi connectivity index (χ4n) is 2.73. The van der Waals surface area contributed by atoms with Gasteiger partial charge < -0.3 is 14.5 Å². The van der Waals surface area contributed by atoms with E-state index >= 15 is 0 Å². The molecule has 110 valence electrons. The number of rotatable bonds is 6. The first-order chi connectivity index (χ1) is 9.56. The Hall–Kier alpha value is -1.32. The summed E-state index contributed by atoms with van der Waals surface area (Å²) in [7, 11) is 1.77. The maximum absolute atomic E-state index is 6.03. The Labute approximate surface area is 121 Å². The normalized spacial score (nSPS) is 14.9. The number of hydrogen-bond donors (Lipinski definition) is 1. The molecule has 0 radical (unpaired) electrons. The molecule has 20 heavy (non-hydrogen) atoms. The minimum atomic E-state index is 0.0812. The van der Waals surface area contributed by atoms with Crippen LogP contribution in [0, 0.1) is 12.8 Å². The van der Waals surface area contributed by atoms with Gasteiger partial charge in [-0.1, -0.05) is 32.4 Å². The zero-order valence-corrected chi connectivity index (χ0v) is 13.1. The van der Waals surface area contributed by atoms with Gasteiger partial charge in [0.05, 0.1) is 12.1 Å². The van der Waals surface area contributed by atoms with Crippen molar-refractivity contribution in [1.29, 1.82) is 0 Å². The zero-order chi connectivity index (χ0) is 14.7. The molecule has 0 bridgehead atoms. The van der Waals surface area contributed by atoms with E-state index in [0.29, 0.717) is 5.92 Å². The summed E-state index contributed by atoms with van der Waals surface area (Å²) in [5.74, 6) is 1.37. The summed E-state index contributed by atoms with van der Waals surface area (Å²) in [6.45, 7) is 9.43. The molecule has 2 atom stereocenters. The molecule has 0 saturated heterocycles. The van der Waals surface area contributed by atoms with E-state index in [1.807, 2.05) is 6.07 Å². The van der Waals surface area contributed by atoms with Crippen LogP contribution >= 0.6 is 0 Å². The second-order valence-corrected chi connectivity index (χ2v) is 5.67. The first-order valence-electron chi connectivity index (χ1n) is 7.33. The molecule has 1 N–H and O–H groups in total. The van der Waals surface area contributed by atoms with E-state index in [2.05, 4.69) is 51.2 Å². The molecule has 2 unspecified atom stereocenters. The van der Waals surface area contributed by atoms with Gasteiger partial charge >= 0.3 is 0 Å². The summed E-state index contributed by atoms with van der Waals surface area (Å²) in [6.07, 6.45) is 0.0941. The molecule has 0 amide bonds. The van der Waals surface area contributed by atoms with Gasteiger partial charge in [0.1, 0.15) is 11.3 Å². The van der Waals surface area contributed by atoms with Crippen LogP contribution in [0.3, 0.4) is 0 Å². The highest BCUT2D eigenvalue weighted by Gasteiger charge is 2.28. The molecule has 0 aliphatic carbocycles. The van der Waals surface area contributed by atoms with Crippen LogP contribution in [0.25, 0.3) is 11.0 Å². The summed E-state index contributed by atoms with van der Waals surface area (Å²) in [5, 5.41) is 4.64. The van der Waals surface area contributed by atoms with E-state index in [1.165, 1.54) is 5.56 Å². The first-order valence-corrected chi connectivity index (χ1v) is 7.33. The van der Waals surface area contributed by atoms with E-state index in [9.17, 15) is 0 Å². The van der Waals surface area contributed by atoms with E-state index in [1.54, 1.807) is 7.11 Å². The Morgan fingerprint density at radius 2 is 2.00 bits per heavy atom. The summed E-state index contributed by atoms with van der Waals surface area (Å²) < 4.78 is 11.7. The summed E-state index contributed by atoms with van der Waals surface area (Å²) in [6, 6.07) is 8.48. The third-order valence-electron chi connectivity index (χ3n) is 3.68. The maximum Gasteiger partial charge on any atom is 0.134 e. The number of fused-ring (bicyclic) bond motifs is 1. The molecule has 0 spiro atoms. The van der Waals surface area contributed by atoms with Gasteiger partial charge in [0.15, 0.2) is 0 Å². The van der Waals surface area contributed by atoms with Crippen molar-refractivity contribution in [2.75, 3.05) is 13.7 Å². The van der Waals surface area contributed by atoms with Crippen LogP contribution in [0.1, 0.15) is 38.1 Å². The van der Waals surface area contributed by atoms with Crippen molar-refractivity contribution in [1.82, 2.24) is 5.32 Å². The van der Waals surface area contributed by atoms with Crippen LogP contribution in [0.4, 0.5) is 0 Å². The predicted octanol–water partition coefficient (Wildman–Crippen LogP) is 4.06. The van der Waals surface area contributed by atoms with Crippen molar-refractivity contribution >= 4 is 11.0 Å². The van der Waals surface area contributed by atoms with Gasteiger partial charge in [-0.3, -0.25) is 0 Å². The third kappa shape index (κ3) is 3.05. The molecule has 0 aliphatic rings. The molecular weight excluding hydrogens is 250 g/mol. The van der Waals surface area contributed by atoms with Gasteiger partial charge in [0.2, 0.25) is 0 Å². The number of benzene rings is 1. The fourth-order valence-corrected chi connectivity index (χ4v) is 2.73. The van der Waals surface area contributed by atoms with Crippen molar-refractivity contribution in [3.8, 4) is 0 Å².